The minimum Gasteiger partial charge on any atom is -2.00 e. The average molecular weight is 187 g/mol. The molecule has 0 fully saturated rings. The van der Waals surface area contributed by atoms with Crippen LogP contribution in [0.3, 0.4) is 0 Å². The molecule has 0 heterocycles. The first kappa shape index (κ1) is 38.6. The standard InChI is InChI=1S/3S.Zr/q3*-2;+4. The van der Waals surface area contributed by atoms with E-state index in [0.29, 0.717) is 0 Å². The molecule has 0 nitrogen and oxygen atoms in total. The predicted octanol–water partition coefficient (Wildman–Crippen LogP) is -0.00970. The quantitative estimate of drug-likeness (QED) is 0.500. The monoisotopic (exact) mass is 186 g/mol. The largest absolute Gasteiger partial charge is 4.00 e. The van der Waals surface area contributed by atoms with Crippen LogP contribution in [-0.2, 0) is 66.7 Å². The van der Waals surface area contributed by atoms with E-state index in [1.807, 2.05) is 0 Å². The fourth-order valence-electron chi connectivity index (χ4n) is 0. The summed E-state index contributed by atoms with van der Waals surface area (Å²) in [5.74, 6) is 0. The van der Waals surface area contributed by atoms with Gasteiger partial charge in [0.1, 0.15) is 0 Å². The summed E-state index contributed by atoms with van der Waals surface area (Å²) in [4.78, 5) is 0. The van der Waals surface area contributed by atoms with E-state index in [0.717, 1.165) is 0 Å². The Balaban J connectivity index is 0. The molecule has 0 unspecified atom stereocenters. The van der Waals surface area contributed by atoms with Gasteiger partial charge in [-0.1, -0.05) is 0 Å². The van der Waals surface area contributed by atoms with Crippen molar-refractivity contribution in [2.75, 3.05) is 0 Å². The third kappa shape index (κ3) is 9.05. The molecule has 0 saturated carbocycles. The average Bonchev–Trinajstić information content (AvgIpc) is 0. The summed E-state index contributed by atoms with van der Waals surface area (Å²) in [5, 5.41) is 0. The fourth-order valence-corrected chi connectivity index (χ4v) is 0. The van der Waals surface area contributed by atoms with Gasteiger partial charge >= 0.3 is 26.2 Å². The van der Waals surface area contributed by atoms with Crippen LogP contribution in [-0.4, -0.2) is 0 Å². The van der Waals surface area contributed by atoms with Gasteiger partial charge in [-0.15, -0.1) is 0 Å². The summed E-state index contributed by atoms with van der Waals surface area (Å²) in [6.07, 6.45) is 0. The van der Waals surface area contributed by atoms with Crippen molar-refractivity contribution in [3.05, 3.63) is 0 Å². The van der Waals surface area contributed by atoms with Crippen LogP contribution in [0.2, 0.25) is 0 Å². The molecule has 0 saturated heterocycles. The Bertz CT molecular complexity index is 3.25. The Morgan fingerprint density at radius 2 is 0.500 bits per heavy atom. The van der Waals surface area contributed by atoms with Crippen LogP contribution in [0.25, 0.3) is 0 Å². The Morgan fingerprint density at radius 3 is 0.500 bits per heavy atom. The third-order valence-electron chi connectivity index (χ3n) is 0. The fraction of sp³-hybridized carbons (Fsp3) is 0. The van der Waals surface area contributed by atoms with Crippen molar-refractivity contribution in [3.63, 3.8) is 0 Å². The SMILES string of the molecule is [S-2].[S-2].[S-2].[Zr+4]. The number of hydrogen-bond acceptors (Lipinski definition) is 0. The van der Waals surface area contributed by atoms with Gasteiger partial charge in [0.05, 0.1) is 0 Å². The van der Waals surface area contributed by atoms with Gasteiger partial charge in [-0.3, -0.25) is 0 Å². The van der Waals surface area contributed by atoms with Crippen LogP contribution in [0.5, 0.6) is 0 Å². The molecule has 0 aliphatic rings. The van der Waals surface area contributed by atoms with Crippen LogP contribution >= 0.6 is 0 Å². The Morgan fingerprint density at radius 1 is 0.500 bits per heavy atom. The Kier molecular flexibility index (Phi) is 197. The van der Waals surface area contributed by atoms with Crippen molar-refractivity contribution in [3.8, 4) is 0 Å². The van der Waals surface area contributed by atoms with Gasteiger partial charge in [-0.25, -0.2) is 0 Å². The van der Waals surface area contributed by atoms with Gasteiger partial charge in [0.2, 0.25) is 0 Å². The summed E-state index contributed by atoms with van der Waals surface area (Å²) in [7, 11) is 0. The molecule has 0 aromatic heterocycles. The molecule has 0 spiro atoms. The Hall–Kier alpha value is 1.93. The van der Waals surface area contributed by atoms with Crippen LogP contribution < -0.4 is 0 Å². The summed E-state index contributed by atoms with van der Waals surface area (Å²) >= 11 is 0. The zero-order chi connectivity index (χ0) is 0. The van der Waals surface area contributed by atoms with E-state index in [9.17, 15) is 0 Å². The van der Waals surface area contributed by atoms with Crippen molar-refractivity contribution in [2.45, 2.75) is 0 Å². The van der Waals surface area contributed by atoms with Crippen LogP contribution in [0.1, 0.15) is 0 Å². The molecule has 0 rings (SSSR count). The maximum atomic E-state index is 0. The van der Waals surface area contributed by atoms with E-state index >= 15 is 0 Å². The van der Waals surface area contributed by atoms with Gasteiger partial charge in [0.15, 0.2) is 0 Å². The summed E-state index contributed by atoms with van der Waals surface area (Å²) < 4.78 is 0. The van der Waals surface area contributed by atoms with Gasteiger partial charge in [0, 0.05) is 0 Å². The smallest absolute Gasteiger partial charge is 2.00 e. The predicted molar refractivity (Wildman–Crippen MR) is 22.1 cm³/mol. The van der Waals surface area contributed by atoms with Crippen molar-refractivity contribution in [2.24, 2.45) is 0 Å². The molecule has 4 heavy (non-hydrogen) atoms. The minimum absolute atomic E-state index is 0. The zero-order valence-electron chi connectivity index (χ0n) is 1.72. The maximum absolute atomic E-state index is 0. The van der Waals surface area contributed by atoms with Crippen molar-refractivity contribution in [1.82, 2.24) is 0 Å². The van der Waals surface area contributed by atoms with E-state index in [2.05, 4.69) is 0 Å². The first-order chi connectivity index (χ1) is 0. The topological polar surface area (TPSA) is 0 Å². The van der Waals surface area contributed by atoms with E-state index in [1.54, 1.807) is 0 Å². The second-order valence-electron chi connectivity index (χ2n) is 0. The number of hydrogen-bond donors (Lipinski definition) is 0. The molecule has 0 radical (unpaired) electrons. The van der Waals surface area contributed by atoms with Gasteiger partial charge < -0.3 is 40.5 Å². The van der Waals surface area contributed by atoms with Crippen molar-refractivity contribution in [1.29, 1.82) is 0 Å². The molecule has 0 aliphatic carbocycles. The molecular formula is S3Zr-2. The molecule has 0 N–H and O–H groups in total. The van der Waals surface area contributed by atoms with Crippen molar-refractivity contribution >= 4 is 40.5 Å². The van der Waals surface area contributed by atoms with E-state index in [-0.39, 0.29) is 66.7 Å². The van der Waals surface area contributed by atoms with Gasteiger partial charge in [0.25, 0.3) is 0 Å². The second-order valence-corrected chi connectivity index (χ2v) is 0. The molecule has 0 amide bonds. The minimum atomic E-state index is 0. The van der Waals surface area contributed by atoms with Crippen LogP contribution in [0, 0.1) is 0 Å². The van der Waals surface area contributed by atoms with Crippen LogP contribution in [0.4, 0.5) is 0 Å². The molecular weight excluding hydrogens is 187 g/mol. The molecule has 0 bridgehead atoms. The van der Waals surface area contributed by atoms with E-state index in [4.69, 9.17) is 0 Å². The maximum Gasteiger partial charge on any atom is 4.00 e. The van der Waals surface area contributed by atoms with Crippen LogP contribution in [0.15, 0.2) is 0 Å². The van der Waals surface area contributed by atoms with E-state index < -0.39 is 0 Å². The molecule has 0 aliphatic heterocycles. The summed E-state index contributed by atoms with van der Waals surface area (Å²) in [5.41, 5.74) is 0. The van der Waals surface area contributed by atoms with E-state index in [1.165, 1.54) is 0 Å². The third-order valence-corrected chi connectivity index (χ3v) is 0. The normalized spacial score (nSPS) is 0. The summed E-state index contributed by atoms with van der Waals surface area (Å²) in [6, 6.07) is 0. The number of rotatable bonds is 0. The molecule has 4 heteroatoms. The summed E-state index contributed by atoms with van der Waals surface area (Å²) in [6.45, 7) is 0. The Labute approximate surface area is 66.2 Å². The molecule has 0 aromatic rings. The zero-order valence-corrected chi connectivity index (χ0v) is 6.63. The molecule has 24 valence electrons. The van der Waals surface area contributed by atoms with Gasteiger partial charge in [-0.2, -0.15) is 0 Å². The molecule has 0 atom stereocenters. The van der Waals surface area contributed by atoms with Crippen molar-refractivity contribution < 1.29 is 26.2 Å². The first-order valence-corrected chi connectivity index (χ1v) is 0. The van der Waals surface area contributed by atoms with Gasteiger partial charge in [-0.05, 0) is 0 Å². The first-order valence-electron chi connectivity index (χ1n) is 0. The molecule has 0 aromatic carbocycles. The second kappa shape index (κ2) is 20.4.